The molecule has 0 spiro atoms. The molecule has 2 aliphatic heterocycles. The van der Waals surface area contributed by atoms with Gasteiger partial charge in [-0.15, -0.1) is 0 Å². The van der Waals surface area contributed by atoms with Crippen LogP contribution < -0.4 is 10.6 Å². The lowest BCUT2D eigenvalue weighted by Gasteiger charge is -2.18. The van der Waals surface area contributed by atoms with Crippen molar-refractivity contribution in [2.75, 3.05) is 18.9 Å². The summed E-state index contributed by atoms with van der Waals surface area (Å²) in [6.45, 7) is 0.867. The van der Waals surface area contributed by atoms with Gasteiger partial charge >= 0.3 is 0 Å². The van der Waals surface area contributed by atoms with Gasteiger partial charge in [0.2, 0.25) is 0 Å². The van der Waals surface area contributed by atoms with Crippen LogP contribution in [0.4, 0.5) is 10.2 Å². The molecule has 1 unspecified atom stereocenters. The minimum absolute atomic E-state index is 0.224. The van der Waals surface area contributed by atoms with Crippen LogP contribution in [-0.4, -0.2) is 29.4 Å². The Morgan fingerprint density at radius 1 is 1.50 bits per heavy atom. The summed E-state index contributed by atoms with van der Waals surface area (Å²) in [7, 11) is 1.64. The van der Waals surface area contributed by atoms with Crippen molar-refractivity contribution in [2.24, 2.45) is 10.9 Å². The van der Waals surface area contributed by atoms with Crippen LogP contribution in [0, 0.1) is 11.7 Å². The summed E-state index contributed by atoms with van der Waals surface area (Å²) in [6.07, 6.45) is 5.18. The number of amidine groups is 1. The first kappa shape index (κ1) is 11.1. The maximum absolute atomic E-state index is 13.3. The van der Waals surface area contributed by atoms with E-state index < -0.39 is 5.82 Å². The van der Waals surface area contributed by atoms with Crippen LogP contribution in [0.15, 0.2) is 17.4 Å². The molecule has 18 heavy (non-hydrogen) atoms. The number of nitrogens with zero attached hydrogens (tertiary/aromatic N) is 3. The van der Waals surface area contributed by atoms with Crippen LogP contribution in [-0.2, 0) is 0 Å². The number of rotatable bonds is 2. The fraction of sp³-hybridized carbons (Fsp3) is 0.417. The van der Waals surface area contributed by atoms with E-state index >= 15 is 0 Å². The number of hydrogen-bond acceptors (Lipinski definition) is 5. The van der Waals surface area contributed by atoms with Crippen molar-refractivity contribution >= 4 is 17.2 Å². The van der Waals surface area contributed by atoms with Crippen LogP contribution in [0.3, 0.4) is 0 Å². The first-order chi connectivity index (χ1) is 8.79. The van der Waals surface area contributed by atoms with Crippen LogP contribution in [0.25, 0.3) is 5.57 Å². The second-order valence-electron chi connectivity index (χ2n) is 4.35. The van der Waals surface area contributed by atoms with Crippen molar-refractivity contribution < 1.29 is 4.39 Å². The highest BCUT2D eigenvalue weighted by Crippen LogP contribution is 2.31. The molecule has 1 aromatic rings. The summed E-state index contributed by atoms with van der Waals surface area (Å²) in [5, 5.41) is 5.88. The molecule has 3 heterocycles. The first-order valence-corrected chi connectivity index (χ1v) is 6.01. The Labute approximate surface area is 104 Å². The molecule has 0 saturated carbocycles. The molecule has 0 fully saturated rings. The Morgan fingerprint density at radius 3 is 3.22 bits per heavy atom. The van der Waals surface area contributed by atoms with Crippen molar-refractivity contribution in [2.45, 2.75) is 12.8 Å². The van der Waals surface area contributed by atoms with Gasteiger partial charge in [-0.3, -0.25) is 4.99 Å². The predicted molar refractivity (Wildman–Crippen MR) is 67.7 cm³/mol. The smallest absolute Gasteiger partial charge is 0.183 e. The molecule has 94 valence electrons. The molecule has 0 aliphatic carbocycles. The fourth-order valence-electron chi connectivity index (χ4n) is 2.35. The van der Waals surface area contributed by atoms with Gasteiger partial charge in [-0.25, -0.2) is 14.4 Å². The SMILES string of the molecule is CNc1nc(C2=CNC3=NCCCC23)ncc1F. The second kappa shape index (κ2) is 4.36. The molecule has 0 aromatic carbocycles. The van der Waals surface area contributed by atoms with Gasteiger partial charge in [0.15, 0.2) is 17.5 Å². The van der Waals surface area contributed by atoms with Gasteiger partial charge in [0.25, 0.3) is 0 Å². The van der Waals surface area contributed by atoms with Gasteiger partial charge < -0.3 is 10.6 Å². The van der Waals surface area contributed by atoms with Crippen LogP contribution in [0.2, 0.25) is 0 Å². The Hall–Kier alpha value is -1.98. The zero-order chi connectivity index (χ0) is 12.5. The monoisotopic (exact) mass is 247 g/mol. The summed E-state index contributed by atoms with van der Waals surface area (Å²) in [4.78, 5) is 12.7. The molecule has 0 saturated heterocycles. The molecule has 1 atom stereocenters. The maximum Gasteiger partial charge on any atom is 0.183 e. The topological polar surface area (TPSA) is 62.2 Å². The largest absolute Gasteiger partial charge is 0.371 e. The number of fused-ring (bicyclic) bond motifs is 1. The number of anilines is 1. The summed E-state index contributed by atoms with van der Waals surface area (Å²) in [5.74, 6) is 1.56. The summed E-state index contributed by atoms with van der Waals surface area (Å²) in [6, 6.07) is 0. The standard InChI is InChI=1S/C12H14FN5/c1-14-12-9(13)6-17-11(18-12)8-5-16-10-7(8)3-2-4-15-10/h5-7H,2-4H2,1H3,(H,15,16)(H,14,17,18). The lowest BCUT2D eigenvalue weighted by molar-refractivity contribution is 0.615. The molecule has 0 bridgehead atoms. The van der Waals surface area contributed by atoms with E-state index in [1.165, 1.54) is 6.20 Å². The lowest BCUT2D eigenvalue weighted by Crippen LogP contribution is -2.24. The minimum Gasteiger partial charge on any atom is -0.371 e. The Kier molecular flexibility index (Phi) is 2.70. The van der Waals surface area contributed by atoms with E-state index in [-0.39, 0.29) is 11.7 Å². The summed E-state index contributed by atoms with van der Waals surface area (Å²) >= 11 is 0. The molecule has 6 heteroatoms. The zero-order valence-electron chi connectivity index (χ0n) is 10.1. The molecular weight excluding hydrogens is 233 g/mol. The highest BCUT2D eigenvalue weighted by Gasteiger charge is 2.30. The van der Waals surface area contributed by atoms with Gasteiger partial charge in [-0.2, -0.15) is 0 Å². The molecule has 3 rings (SSSR count). The Bertz CT molecular complexity index is 537. The Balaban J connectivity index is 1.96. The lowest BCUT2D eigenvalue weighted by atomic mass is 9.93. The third-order valence-electron chi connectivity index (χ3n) is 3.25. The summed E-state index contributed by atoms with van der Waals surface area (Å²) < 4.78 is 13.3. The zero-order valence-corrected chi connectivity index (χ0v) is 10.1. The number of aromatic nitrogens is 2. The van der Waals surface area contributed by atoms with Gasteiger partial charge in [0, 0.05) is 31.3 Å². The Morgan fingerprint density at radius 2 is 2.39 bits per heavy atom. The van der Waals surface area contributed by atoms with Crippen molar-refractivity contribution in [3.8, 4) is 0 Å². The van der Waals surface area contributed by atoms with E-state index in [0.29, 0.717) is 5.82 Å². The predicted octanol–water partition coefficient (Wildman–Crippen LogP) is 1.41. The third-order valence-corrected chi connectivity index (χ3v) is 3.25. The molecular formula is C12H14FN5. The average molecular weight is 247 g/mol. The van der Waals surface area contributed by atoms with E-state index in [1.807, 2.05) is 6.20 Å². The average Bonchev–Trinajstić information content (AvgIpc) is 2.83. The quantitative estimate of drug-likeness (QED) is 0.829. The van der Waals surface area contributed by atoms with Gasteiger partial charge in [0.05, 0.1) is 6.20 Å². The highest BCUT2D eigenvalue weighted by molar-refractivity contribution is 6.00. The fourth-order valence-corrected chi connectivity index (χ4v) is 2.35. The molecule has 1 aromatic heterocycles. The van der Waals surface area contributed by atoms with Gasteiger partial charge in [-0.1, -0.05) is 0 Å². The third kappa shape index (κ3) is 1.73. The van der Waals surface area contributed by atoms with Crippen molar-refractivity contribution in [1.82, 2.24) is 15.3 Å². The highest BCUT2D eigenvalue weighted by atomic mass is 19.1. The molecule has 0 radical (unpaired) electrons. The number of halogens is 1. The van der Waals surface area contributed by atoms with E-state index in [2.05, 4.69) is 25.6 Å². The number of nitrogens with one attached hydrogen (secondary N) is 2. The molecule has 2 aliphatic rings. The van der Waals surface area contributed by atoms with Crippen molar-refractivity contribution in [3.63, 3.8) is 0 Å². The molecule has 5 nitrogen and oxygen atoms in total. The van der Waals surface area contributed by atoms with E-state index in [0.717, 1.165) is 30.8 Å². The maximum atomic E-state index is 13.3. The molecule has 2 N–H and O–H groups in total. The number of aliphatic imine (C=N–C) groups is 1. The molecule has 0 amide bonds. The number of hydrogen-bond donors (Lipinski definition) is 2. The van der Waals surface area contributed by atoms with Crippen molar-refractivity contribution in [1.29, 1.82) is 0 Å². The van der Waals surface area contributed by atoms with E-state index in [4.69, 9.17) is 0 Å². The minimum atomic E-state index is -0.439. The first-order valence-electron chi connectivity index (χ1n) is 6.01. The van der Waals surface area contributed by atoms with Crippen LogP contribution >= 0.6 is 0 Å². The van der Waals surface area contributed by atoms with Crippen LogP contribution in [0.5, 0.6) is 0 Å². The van der Waals surface area contributed by atoms with E-state index in [1.54, 1.807) is 7.05 Å². The van der Waals surface area contributed by atoms with Crippen molar-refractivity contribution in [3.05, 3.63) is 24.0 Å². The van der Waals surface area contributed by atoms with Crippen LogP contribution in [0.1, 0.15) is 18.7 Å². The second-order valence-corrected chi connectivity index (χ2v) is 4.35. The normalized spacial score (nSPS) is 21.8. The van der Waals surface area contributed by atoms with Gasteiger partial charge in [-0.05, 0) is 12.8 Å². The van der Waals surface area contributed by atoms with Gasteiger partial charge in [0.1, 0.15) is 5.84 Å². The summed E-state index contributed by atoms with van der Waals surface area (Å²) in [5.41, 5.74) is 0.991. The van der Waals surface area contributed by atoms with E-state index in [9.17, 15) is 4.39 Å².